The van der Waals surface area contributed by atoms with E-state index in [0.717, 1.165) is 110 Å². The third-order valence-electron chi connectivity index (χ3n) is 19.2. The van der Waals surface area contributed by atoms with E-state index in [9.17, 15) is 0 Å². The van der Waals surface area contributed by atoms with Crippen LogP contribution in [0.4, 0.5) is 0 Å². The molecule has 0 amide bonds. The van der Waals surface area contributed by atoms with E-state index < -0.39 is 0 Å². The van der Waals surface area contributed by atoms with Gasteiger partial charge in [-0.2, -0.15) is 15.0 Å². The van der Waals surface area contributed by atoms with Crippen molar-refractivity contribution in [1.29, 1.82) is 0 Å². The first kappa shape index (κ1) is 49.1. The quantitative estimate of drug-likeness (QED) is 0.160. The summed E-state index contributed by atoms with van der Waals surface area (Å²) in [6.07, 6.45) is 7.43. The highest BCUT2D eigenvalue weighted by Gasteiger charge is 2.30. The van der Waals surface area contributed by atoms with Gasteiger partial charge < -0.3 is 18.3 Å². The lowest BCUT2D eigenvalue weighted by atomic mass is 9.97. The van der Waals surface area contributed by atoms with Crippen LogP contribution in [0.25, 0.3) is 165 Å². The van der Waals surface area contributed by atoms with Crippen LogP contribution in [0.5, 0.6) is 0 Å². The molecule has 0 radical (unpaired) electrons. The van der Waals surface area contributed by atoms with Crippen molar-refractivity contribution in [1.82, 2.24) is 42.4 Å². The smallest absolute Gasteiger partial charge is 0.239 e. The Bertz CT molecular complexity index is 6060. The van der Waals surface area contributed by atoms with Crippen LogP contribution in [-0.2, 0) is 0 Å². The maximum Gasteiger partial charge on any atom is 0.239 e. The minimum absolute atomic E-state index is 0.284. The number of hydrogen-bond acceptors (Lipinski definition) is 3. The van der Waals surface area contributed by atoms with Gasteiger partial charge in [0.15, 0.2) is 0 Å². The average Bonchev–Trinajstić information content (AvgIpc) is 1.58. The second-order valence-electron chi connectivity index (χ2n) is 23.8. The van der Waals surface area contributed by atoms with Crippen LogP contribution in [0.1, 0.15) is 18.2 Å². The highest BCUT2D eigenvalue weighted by Crippen LogP contribution is 2.47. The fourth-order valence-electron chi connectivity index (χ4n) is 15.5. The minimum atomic E-state index is -0.284. The molecule has 0 fully saturated rings. The fourth-order valence-corrected chi connectivity index (χ4v) is 15.5. The normalized spacial score (nSPS) is 13.9. The molecule has 20 rings (SSSR count). The average molecular weight is 1150 g/mol. The number of hydrogen-bond donors (Lipinski definition) is 0. The number of rotatable bonds is 7. The Morgan fingerprint density at radius 1 is 0.244 bits per heavy atom. The van der Waals surface area contributed by atoms with Gasteiger partial charge in [-0.15, -0.1) is 0 Å². The molecule has 0 bridgehead atoms. The van der Waals surface area contributed by atoms with Gasteiger partial charge in [-0.25, -0.2) is 0 Å². The summed E-state index contributed by atoms with van der Waals surface area (Å²) in [5.74, 6) is 1.46. The zero-order chi connectivity index (χ0) is 58.7. The van der Waals surface area contributed by atoms with E-state index >= 15 is 0 Å². The van der Waals surface area contributed by atoms with E-state index in [1.807, 2.05) is 0 Å². The molecule has 9 nitrogen and oxygen atoms in total. The van der Waals surface area contributed by atoms with Gasteiger partial charge in [-0.1, -0.05) is 212 Å². The lowest BCUT2D eigenvalue weighted by Crippen LogP contribution is -2.16. The van der Waals surface area contributed by atoms with Crippen molar-refractivity contribution in [3.8, 4) is 29.0 Å². The van der Waals surface area contributed by atoms with Gasteiger partial charge in [0.25, 0.3) is 0 Å². The third kappa shape index (κ3) is 6.77. The van der Waals surface area contributed by atoms with Gasteiger partial charge in [0.05, 0.1) is 66.2 Å². The zero-order valence-electron chi connectivity index (χ0n) is 48.5. The number of aromatic nitrogens is 9. The highest BCUT2D eigenvalue weighted by atomic mass is 15.3. The minimum Gasteiger partial charge on any atom is -0.311 e. The van der Waals surface area contributed by atoms with Crippen molar-refractivity contribution in [2.45, 2.75) is 12.3 Å². The highest BCUT2D eigenvalue weighted by molar-refractivity contribution is 6.27. The molecule has 0 spiro atoms. The first-order valence-electron chi connectivity index (χ1n) is 30.9. The van der Waals surface area contributed by atoms with E-state index in [-0.39, 0.29) is 5.92 Å². The van der Waals surface area contributed by atoms with Gasteiger partial charge in [-0.3, -0.25) is 9.13 Å². The van der Waals surface area contributed by atoms with Crippen LogP contribution in [0.15, 0.2) is 291 Å². The van der Waals surface area contributed by atoms with Gasteiger partial charge in [0.1, 0.15) is 5.82 Å². The number of para-hydroxylation sites is 9. The van der Waals surface area contributed by atoms with Crippen LogP contribution < -0.4 is 0 Å². The number of allylic oxidation sites excluding steroid dienone is 4. The molecular weight excluding hydrogens is 1100 g/mol. The lowest BCUT2D eigenvalue weighted by Gasteiger charge is -2.22. The Kier molecular flexibility index (Phi) is 10.2. The molecule has 9 heteroatoms. The summed E-state index contributed by atoms with van der Waals surface area (Å²) in [6.45, 7) is 0. The largest absolute Gasteiger partial charge is 0.311 e. The summed E-state index contributed by atoms with van der Waals surface area (Å²) in [5.41, 5.74) is 17.5. The molecule has 7 heterocycles. The predicted molar refractivity (Wildman–Crippen MR) is 372 cm³/mol. The maximum atomic E-state index is 5.92. The summed E-state index contributed by atoms with van der Waals surface area (Å²) in [5, 5.41) is 13.9. The first-order chi connectivity index (χ1) is 44.7. The Labute approximate surface area is 514 Å². The van der Waals surface area contributed by atoms with Crippen LogP contribution in [0, 0.1) is 0 Å². The third-order valence-corrected chi connectivity index (χ3v) is 19.2. The maximum absolute atomic E-state index is 5.92. The summed E-state index contributed by atoms with van der Waals surface area (Å²) < 4.78 is 14.5. The van der Waals surface area contributed by atoms with Crippen molar-refractivity contribution in [3.63, 3.8) is 0 Å². The van der Waals surface area contributed by atoms with Gasteiger partial charge in [-0.05, 0) is 78.9 Å². The number of nitrogens with zero attached hydrogens (tertiary/aromatic N) is 9. The lowest BCUT2D eigenvalue weighted by molar-refractivity contribution is 0.730. The van der Waals surface area contributed by atoms with Crippen molar-refractivity contribution >= 4 is 137 Å². The van der Waals surface area contributed by atoms with Crippen LogP contribution in [0.3, 0.4) is 0 Å². The molecule has 0 N–H and O–H groups in total. The van der Waals surface area contributed by atoms with E-state index in [4.69, 9.17) is 15.0 Å². The van der Waals surface area contributed by atoms with Crippen molar-refractivity contribution < 1.29 is 0 Å². The molecule has 0 saturated carbocycles. The summed E-state index contributed by atoms with van der Waals surface area (Å²) in [6, 6.07) is 98.9. The van der Waals surface area contributed by atoms with Gasteiger partial charge >= 0.3 is 0 Å². The number of benzene rings is 12. The Morgan fingerprint density at radius 3 is 0.844 bits per heavy atom. The van der Waals surface area contributed by atoms with Gasteiger partial charge in [0, 0.05) is 99.7 Å². The number of fused-ring (bicyclic) bond motifs is 21. The predicted octanol–water partition coefficient (Wildman–Crippen LogP) is 20.0. The Balaban J connectivity index is 0.895. The molecule has 420 valence electrons. The molecule has 1 aliphatic carbocycles. The van der Waals surface area contributed by atoms with E-state index in [1.54, 1.807) is 0 Å². The molecule has 90 heavy (non-hydrogen) atoms. The van der Waals surface area contributed by atoms with Crippen molar-refractivity contribution in [2.75, 3.05) is 0 Å². The topological polar surface area (TPSA) is 68.2 Å². The summed E-state index contributed by atoms with van der Waals surface area (Å²) >= 11 is 0. The van der Waals surface area contributed by atoms with E-state index in [0.29, 0.717) is 24.1 Å². The molecule has 12 aromatic carbocycles. The molecule has 1 aliphatic rings. The van der Waals surface area contributed by atoms with Gasteiger partial charge in [0.2, 0.25) is 11.9 Å². The first-order valence-corrected chi connectivity index (χ1v) is 30.9. The SMILES string of the molecule is C1=CC(c2nc(-n3c4ccccc4c4ccc5c6ccccc6n(-c6ccccc6)c5c43)nc(-n3c4ccccc4c4ccc5c6ccccc6n(-c6ccccc6)c5c43)n2)CC(n2c3ccccc3c3ccc4c5ccccc5n(-c5ccccc5)c4c32)=C1. The Morgan fingerprint density at radius 2 is 0.511 bits per heavy atom. The van der Waals surface area contributed by atoms with E-state index in [2.05, 4.69) is 319 Å². The molecule has 0 saturated heterocycles. The molecule has 7 aromatic heterocycles. The Hall–Kier alpha value is -12.1. The molecular formula is C81H51N9. The second-order valence-corrected chi connectivity index (χ2v) is 23.8. The summed E-state index contributed by atoms with van der Waals surface area (Å²) in [7, 11) is 0. The second kappa shape index (κ2) is 18.7. The van der Waals surface area contributed by atoms with Crippen molar-refractivity contribution in [3.05, 3.63) is 297 Å². The van der Waals surface area contributed by atoms with Crippen LogP contribution in [0.2, 0.25) is 0 Å². The summed E-state index contributed by atoms with van der Waals surface area (Å²) in [4.78, 5) is 17.7. The zero-order valence-corrected chi connectivity index (χ0v) is 48.5. The molecule has 0 aliphatic heterocycles. The van der Waals surface area contributed by atoms with Crippen LogP contribution in [-0.4, -0.2) is 42.4 Å². The van der Waals surface area contributed by atoms with Crippen LogP contribution >= 0.6 is 0 Å². The fraction of sp³-hybridized carbons (Fsp3) is 0.0247. The molecule has 1 atom stereocenters. The van der Waals surface area contributed by atoms with Crippen molar-refractivity contribution in [2.24, 2.45) is 0 Å². The molecule has 19 aromatic rings. The monoisotopic (exact) mass is 1150 g/mol. The molecule has 1 unspecified atom stereocenters. The standard InChI is InChI=1S/C81H51N9/c1-4-24-51(25-5-1)85-67-37-16-10-31-55(67)61-43-44-62-58-34-13-19-40-70(58)88(74(62)73(61)85)54-30-22-23-50(49-54)79-82-80(89-71-41-20-14-35-59(71)65-47-45-63-56-32-11-17-38-68(56)86(75(63)77(65)89)52-26-6-2-7-27-52)84-81(83-79)90-72-42-21-15-36-60(72)66-48-46-64-57-33-12-18-39-69(57)87(76(64)78(66)90)53-28-8-3-9-29-53/h1-48,50H,49H2. The van der Waals surface area contributed by atoms with E-state index in [1.165, 1.54) is 43.4 Å².